The van der Waals surface area contributed by atoms with Crippen molar-refractivity contribution >= 4 is 5.91 Å². The van der Waals surface area contributed by atoms with Crippen molar-refractivity contribution in [3.63, 3.8) is 0 Å². The van der Waals surface area contributed by atoms with Crippen LogP contribution in [-0.2, 0) is 4.79 Å². The van der Waals surface area contributed by atoms with Crippen LogP contribution in [0, 0.1) is 6.07 Å². The molecule has 0 spiro atoms. The molecule has 3 nitrogen and oxygen atoms in total. The predicted octanol–water partition coefficient (Wildman–Crippen LogP) is 2.51. The smallest absolute Gasteiger partial charge is 0.222 e. The third kappa shape index (κ3) is 4.89. The summed E-state index contributed by atoms with van der Waals surface area (Å²) in [6.07, 6.45) is 1.30. The van der Waals surface area contributed by atoms with Gasteiger partial charge < -0.3 is 9.64 Å². The number of amides is 1. The summed E-state index contributed by atoms with van der Waals surface area (Å²) >= 11 is 0. The van der Waals surface area contributed by atoms with E-state index in [1.807, 2.05) is 43.0 Å². The molecule has 0 unspecified atom stereocenters. The lowest BCUT2D eigenvalue weighted by molar-refractivity contribution is -0.131. The van der Waals surface area contributed by atoms with Crippen LogP contribution in [0.15, 0.2) is 24.3 Å². The van der Waals surface area contributed by atoms with Crippen molar-refractivity contribution in [2.24, 2.45) is 0 Å². The number of hydrogen-bond acceptors (Lipinski definition) is 2. The molecular weight excluding hydrogens is 214 g/mol. The van der Waals surface area contributed by atoms with Crippen molar-refractivity contribution < 1.29 is 9.53 Å². The van der Waals surface area contributed by atoms with Gasteiger partial charge in [0.2, 0.25) is 5.91 Å². The van der Waals surface area contributed by atoms with Gasteiger partial charge in [-0.25, -0.2) is 0 Å². The van der Waals surface area contributed by atoms with E-state index in [-0.39, 0.29) is 5.91 Å². The molecule has 0 aliphatic rings. The molecular formula is C14H20NO2. The summed E-state index contributed by atoms with van der Waals surface area (Å²) in [6, 6.07) is 10.5. The highest BCUT2D eigenvalue weighted by atomic mass is 16.5. The van der Waals surface area contributed by atoms with Crippen molar-refractivity contribution in [1.82, 2.24) is 4.90 Å². The minimum absolute atomic E-state index is 0.204. The normalized spacial score (nSPS) is 10.0. The molecule has 0 saturated heterocycles. The van der Waals surface area contributed by atoms with Crippen LogP contribution in [0.2, 0.25) is 0 Å². The molecule has 1 radical (unpaired) electrons. The van der Waals surface area contributed by atoms with E-state index in [1.165, 1.54) is 0 Å². The third-order valence-electron chi connectivity index (χ3n) is 2.59. The summed E-state index contributed by atoms with van der Waals surface area (Å²) < 4.78 is 5.48. The molecule has 0 fully saturated rings. The zero-order valence-electron chi connectivity index (χ0n) is 10.6. The van der Waals surface area contributed by atoms with Crippen LogP contribution in [0.25, 0.3) is 0 Å². The molecule has 93 valence electrons. The number of carbonyl (C=O) groups excluding carboxylic acids is 1. The number of ether oxygens (including phenoxy) is 1. The van der Waals surface area contributed by atoms with Gasteiger partial charge in [0.05, 0.1) is 6.61 Å². The Hall–Kier alpha value is -1.51. The number of rotatable bonds is 7. The van der Waals surface area contributed by atoms with Gasteiger partial charge in [-0.15, -0.1) is 0 Å². The average molecular weight is 234 g/mol. The van der Waals surface area contributed by atoms with E-state index in [4.69, 9.17) is 4.74 Å². The van der Waals surface area contributed by atoms with Crippen molar-refractivity contribution in [3.8, 4) is 5.75 Å². The Morgan fingerprint density at radius 2 is 2.12 bits per heavy atom. The lowest BCUT2D eigenvalue weighted by Gasteiger charge is -2.18. The van der Waals surface area contributed by atoms with Gasteiger partial charge >= 0.3 is 0 Å². The Balaban J connectivity index is 2.18. The second-order valence-corrected chi connectivity index (χ2v) is 3.74. The predicted molar refractivity (Wildman–Crippen MR) is 67.9 cm³/mol. The van der Waals surface area contributed by atoms with Crippen LogP contribution >= 0.6 is 0 Å². The van der Waals surface area contributed by atoms with Gasteiger partial charge in [-0.2, -0.15) is 0 Å². The molecule has 0 aliphatic carbocycles. The summed E-state index contributed by atoms with van der Waals surface area (Å²) in [5, 5.41) is 0. The van der Waals surface area contributed by atoms with Crippen LogP contribution in [0.5, 0.6) is 5.75 Å². The van der Waals surface area contributed by atoms with Crippen LogP contribution < -0.4 is 4.74 Å². The van der Waals surface area contributed by atoms with E-state index in [1.54, 1.807) is 0 Å². The summed E-state index contributed by atoms with van der Waals surface area (Å²) in [5.41, 5.74) is 0. The first-order valence-electron chi connectivity index (χ1n) is 6.15. The SMILES string of the molecule is CCN(CC)C(=O)CCCOc1[c]cccc1. The quantitative estimate of drug-likeness (QED) is 0.678. The number of para-hydroxylation sites is 1. The number of hydrogen-bond donors (Lipinski definition) is 0. The summed E-state index contributed by atoms with van der Waals surface area (Å²) in [7, 11) is 0. The molecule has 0 saturated carbocycles. The van der Waals surface area contributed by atoms with Gasteiger partial charge in [0.1, 0.15) is 5.75 Å². The molecule has 1 amide bonds. The Morgan fingerprint density at radius 3 is 2.71 bits per heavy atom. The van der Waals surface area contributed by atoms with E-state index >= 15 is 0 Å². The van der Waals surface area contributed by atoms with E-state index in [2.05, 4.69) is 6.07 Å². The van der Waals surface area contributed by atoms with Crippen molar-refractivity contribution in [2.75, 3.05) is 19.7 Å². The monoisotopic (exact) mass is 234 g/mol. The first kappa shape index (κ1) is 13.6. The molecule has 1 aromatic rings. The number of nitrogens with zero attached hydrogens (tertiary/aromatic N) is 1. The van der Waals surface area contributed by atoms with E-state index in [9.17, 15) is 4.79 Å². The molecule has 0 bridgehead atoms. The van der Waals surface area contributed by atoms with Crippen LogP contribution in [0.4, 0.5) is 0 Å². The lowest BCUT2D eigenvalue weighted by atomic mass is 10.3. The molecule has 0 heterocycles. The summed E-state index contributed by atoms with van der Waals surface area (Å²) in [6.45, 7) is 6.12. The second-order valence-electron chi connectivity index (χ2n) is 3.74. The molecule has 1 rings (SSSR count). The first-order valence-corrected chi connectivity index (χ1v) is 6.15. The minimum atomic E-state index is 0.204. The van der Waals surface area contributed by atoms with E-state index < -0.39 is 0 Å². The maximum Gasteiger partial charge on any atom is 0.222 e. The standard InChI is InChI=1S/C14H20NO2/c1-3-15(4-2)14(16)11-8-12-17-13-9-6-5-7-10-13/h5-7,9H,3-4,8,11-12H2,1-2H3. The zero-order chi connectivity index (χ0) is 12.5. The van der Waals surface area contributed by atoms with Crippen molar-refractivity contribution in [2.45, 2.75) is 26.7 Å². The Bertz CT molecular complexity index is 320. The molecule has 0 atom stereocenters. The van der Waals surface area contributed by atoms with E-state index in [0.29, 0.717) is 13.0 Å². The van der Waals surface area contributed by atoms with Gasteiger partial charge in [0.25, 0.3) is 0 Å². The molecule has 3 heteroatoms. The van der Waals surface area contributed by atoms with Gasteiger partial charge in [0.15, 0.2) is 0 Å². The zero-order valence-corrected chi connectivity index (χ0v) is 10.6. The lowest BCUT2D eigenvalue weighted by Crippen LogP contribution is -2.30. The largest absolute Gasteiger partial charge is 0.493 e. The van der Waals surface area contributed by atoms with Crippen LogP contribution in [0.1, 0.15) is 26.7 Å². The highest BCUT2D eigenvalue weighted by Crippen LogP contribution is 2.08. The minimum Gasteiger partial charge on any atom is -0.493 e. The van der Waals surface area contributed by atoms with Gasteiger partial charge in [-0.3, -0.25) is 4.79 Å². The fourth-order valence-electron chi connectivity index (χ4n) is 1.61. The van der Waals surface area contributed by atoms with Gasteiger partial charge in [0, 0.05) is 25.6 Å². The summed E-state index contributed by atoms with van der Waals surface area (Å²) in [4.78, 5) is 13.5. The maximum atomic E-state index is 11.7. The molecule has 17 heavy (non-hydrogen) atoms. The fraction of sp³-hybridized carbons (Fsp3) is 0.500. The van der Waals surface area contributed by atoms with Crippen molar-refractivity contribution in [1.29, 1.82) is 0 Å². The average Bonchev–Trinajstić information content (AvgIpc) is 2.37. The van der Waals surface area contributed by atoms with E-state index in [0.717, 1.165) is 25.3 Å². The third-order valence-corrected chi connectivity index (χ3v) is 2.59. The Morgan fingerprint density at radius 1 is 1.35 bits per heavy atom. The Labute approximate surface area is 103 Å². The Kier molecular flexibility index (Phi) is 6.15. The number of carbonyl (C=O) groups is 1. The first-order chi connectivity index (χ1) is 8.27. The highest BCUT2D eigenvalue weighted by Gasteiger charge is 2.08. The van der Waals surface area contributed by atoms with Crippen molar-refractivity contribution in [3.05, 3.63) is 30.3 Å². The summed E-state index contributed by atoms with van der Waals surface area (Å²) in [5.74, 6) is 0.943. The van der Waals surface area contributed by atoms with Gasteiger partial charge in [-0.1, -0.05) is 18.2 Å². The topological polar surface area (TPSA) is 29.5 Å². The molecule has 0 N–H and O–H groups in total. The van der Waals surface area contributed by atoms with Crippen LogP contribution in [-0.4, -0.2) is 30.5 Å². The fourth-order valence-corrected chi connectivity index (χ4v) is 1.61. The molecule has 0 aliphatic heterocycles. The number of benzene rings is 1. The maximum absolute atomic E-state index is 11.7. The van der Waals surface area contributed by atoms with Crippen LogP contribution in [0.3, 0.4) is 0 Å². The highest BCUT2D eigenvalue weighted by molar-refractivity contribution is 5.76. The molecule has 0 aromatic heterocycles. The second kappa shape index (κ2) is 7.71. The van der Waals surface area contributed by atoms with Gasteiger partial charge in [-0.05, 0) is 26.3 Å². The molecule has 1 aromatic carbocycles.